The number of amides is 1. The van der Waals surface area contributed by atoms with E-state index in [0.29, 0.717) is 17.1 Å². The van der Waals surface area contributed by atoms with Crippen LogP contribution < -0.4 is 15.2 Å². The zero-order chi connectivity index (χ0) is 11.4. The van der Waals surface area contributed by atoms with Gasteiger partial charge in [0.1, 0.15) is 11.5 Å². The first-order chi connectivity index (χ1) is 7.08. The Hall–Kier alpha value is -1.23. The van der Waals surface area contributed by atoms with Crippen LogP contribution in [0.5, 0.6) is 11.5 Å². The molecule has 15 heavy (non-hydrogen) atoms. The molecule has 0 aliphatic rings. The number of rotatable bonds is 4. The van der Waals surface area contributed by atoms with Crippen LogP contribution >= 0.6 is 15.9 Å². The topological polar surface area (TPSA) is 61.5 Å². The highest BCUT2D eigenvalue weighted by atomic mass is 79.9. The van der Waals surface area contributed by atoms with Crippen LogP contribution in [0.15, 0.2) is 16.6 Å². The predicted molar refractivity (Wildman–Crippen MR) is 60.1 cm³/mol. The third-order valence-electron chi connectivity index (χ3n) is 1.92. The van der Waals surface area contributed by atoms with Crippen LogP contribution in [0.3, 0.4) is 0 Å². The van der Waals surface area contributed by atoms with Crippen molar-refractivity contribution in [2.24, 2.45) is 5.73 Å². The third-order valence-corrected chi connectivity index (χ3v) is 2.54. The van der Waals surface area contributed by atoms with Gasteiger partial charge in [0.15, 0.2) is 0 Å². The molecule has 1 rings (SSSR count). The molecule has 2 N–H and O–H groups in total. The van der Waals surface area contributed by atoms with E-state index in [9.17, 15) is 4.79 Å². The summed E-state index contributed by atoms with van der Waals surface area (Å²) in [5.41, 5.74) is 5.84. The van der Waals surface area contributed by atoms with Crippen LogP contribution in [-0.2, 0) is 11.2 Å². The lowest BCUT2D eigenvalue weighted by molar-refractivity contribution is -0.117. The van der Waals surface area contributed by atoms with Crippen molar-refractivity contribution in [3.05, 3.63) is 22.2 Å². The number of primary amides is 1. The summed E-state index contributed by atoms with van der Waals surface area (Å²) in [5, 5.41) is 0. The molecule has 5 heteroatoms. The van der Waals surface area contributed by atoms with Gasteiger partial charge in [-0.1, -0.05) is 0 Å². The van der Waals surface area contributed by atoms with Gasteiger partial charge in [-0.15, -0.1) is 0 Å². The number of hydrogen-bond donors (Lipinski definition) is 1. The molecule has 0 aliphatic heterocycles. The molecule has 0 fully saturated rings. The fraction of sp³-hybridized carbons (Fsp3) is 0.300. The van der Waals surface area contributed by atoms with Gasteiger partial charge in [-0.3, -0.25) is 4.79 Å². The lowest BCUT2D eigenvalue weighted by Crippen LogP contribution is -2.14. The molecule has 0 saturated carbocycles. The summed E-state index contributed by atoms with van der Waals surface area (Å²) in [7, 11) is 3.10. The normalized spacial score (nSPS) is 9.80. The van der Waals surface area contributed by atoms with Gasteiger partial charge in [0.2, 0.25) is 5.91 Å². The molecule has 82 valence electrons. The summed E-state index contributed by atoms with van der Waals surface area (Å²) in [6, 6.07) is 3.48. The second-order valence-corrected chi connectivity index (χ2v) is 3.80. The summed E-state index contributed by atoms with van der Waals surface area (Å²) >= 11 is 3.33. The Labute approximate surface area is 96.5 Å². The van der Waals surface area contributed by atoms with E-state index in [0.717, 1.165) is 4.47 Å². The molecule has 1 aromatic carbocycles. The fourth-order valence-electron chi connectivity index (χ4n) is 1.25. The van der Waals surface area contributed by atoms with Gasteiger partial charge in [0, 0.05) is 5.56 Å². The maximum Gasteiger partial charge on any atom is 0.221 e. The third kappa shape index (κ3) is 2.86. The second-order valence-electron chi connectivity index (χ2n) is 2.94. The number of benzene rings is 1. The molecule has 0 radical (unpaired) electrons. The van der Waals surface area contributed by atoms with Crippen LogP contribution in [0, 0.1) is 0 Å². The van der Waals surface area contributed by atoms with Crippen molar-refractivity contribution >= 4 is 21.8 Å². The van der Waals surface area contributed by atoms with E-state index in [1.165, 1.54) is 0 Å². The maximum atomic E-state index is 10.8. The predicted octanol–water partition coefficient (Wildman–Crippen LogP) is 1.49. The lowest BCUT2D eigenvalue weighted by atomic mass is 10.1. The minimum absolute atomic E-state index is 0.132. The molecule has 0 atom stereocenters. The fourth-order valence-corrected chi connectivity index (χ4v) is 1.73. The van der Waals surface area contributed by atoms with Gasteiger partial charge in [0.05, 0.1) is 25.1 Å². The molecule has 4 nitrogen and oxygen atoms in total. The minimum atomic E-state index is -0.405. The Bertz CT molecular complexity index is 379. The monoisotopic (exact) mass is 273 g/mol. The summed E-state index contributed by atoms with van der Waals surface area (Å²) in [5.74, 6) is 0.853. The largest absolute Gasteiger partial charge is 0.496 e. The summed E-state index contributed by atoms with van der Waals surface area (Å²) < 4.78 is 11.0. The average molecular weight is 274 g/mol. The molecule has 0 aromatic heterocycles. The highest BCUT2D eigenvalue weighted by Gasteiger charge is 2.11. The number of hydrogen-bond acceptors (Lipinski definition) is 3. The van der Waals surface area contributed by atoms with E-state index in [4.69, 9.17) is 15.2 Å². The molecule has 0 spiro atoms. The molecule has 0 heterocycles. The van der Waals surface area contributed by atoms with Crippen molar-refractivity contribution in [2.75, 3.05) is 14.2 Å². The van der Waals surface area contributed by atoms with Crippen molar-refractivity contribution < 1.29 is 14.3 Å². The quantitative estimate of drug-likeness (QED) is 0.904. The van der Waals surface area contributed by atoms with Gasteiger partial charge < -0.3 is 15.2 Å². The Morgan fingerprint density at radius 1 is 1.33 bits per heavy atom. The van der Waals surface area contributed by atoms with E-state index >= 15 is 0 Å². The van der Waals surface area contributed by atoms with Crippen molar-refractivity contribution in [1.82, 2.24) is 0 Å². The first kappa shape index (κ1) is 11.8. The van der Waals surface area contributed by atoms with Gasteiger partial charge >= 0.3 is 0 Å². The van der Waals surface area contributed by atoms with Crippen LogP contribution in [0.4, 0.5) is 0 Å². The number of carbonyl (C=O) groups excluding carboxylic acids is 1. The lowest BCUT2D eigenvalue weighted by Gasteiger charge is -2.10. The molecular formula is C10H12BrNO3. The smallest absolute Gasteiger partial charge is 0.221 e. The van der Waals surface area contributed by atoms with Crippen molar-refractivity contribution in [1.29, 1.82) is 0 Å². The molecule has 0 aliphatic carbocycles. The van der Waals surface area contributed by atoms with E-state index < -0.39 is 5.91 Å². The zero-order valence-electron chi connectivity index (χ0n) is 8.54. The Balaban J connectivity index is 3.16. The Morgan fingerprint density at radius 2 is 1.93 bits per heavy atom. The standard InChI is InChI=1S/C10H12BrNO3/c1-14-8-5-7(11)9(15-2)3-6(8)4-10(12)13/h3,5H,4H2,1-2H3,(H2,12,13). The molecule has 0 saturated heterocycles. The summed E-state index contributed by atoms with van der Waals surface area (Å²) in [4.78, 5) is 10.8. The number of halogens is 1. The van der Waals surface area contributed by atoms with Gasteiger partial charge in [-0.2, -0.15) is 0 Å². The SMILES string of the molecule is COc1cc(CC(N)=O)c(OC)cc1Br. The molecule has 0 unspecified atom stereocenters. The van der Waals surface area contributed by atoms with Gasteiger partial charge in [-0.25, -0.2) is 0 Å². The average Bonchev–Trinajstić information content (AvgIpc) is 2.19. The van der Waals surface area contributed by atoms with Gasteiger partial charge in [0.25, 0.3) is 0 Å². The minimum Gasteiger partial charge on any atom is -0.496 e. The van der Waals surface area contributed by atoms with Crippen LogP contribution in [0.2, 0.25) is 0 Å². The van der Waals surface area contributed by atoms with Crippen molar-refractivity contribution in [3.8, 4) is 11.5 Å². The summed E-state index contributed by atoms with van der Waals surface area (Å²) in [6.45, 7) is 0. The van der Waals surface area contributed by atoms with Crippen molar-refractivity contribution in [2.45, 2.75) is 6.42 Å². The van der Waals surface area contributed by atoms with E-state index in [-0.39, 0.29) is 6.42 Å². The number of methoxy groups -OCH3 is 2. The van der Waals surface area contributed by atoms with E-state index in [1.54, 1.807) is 26.4 Å². The molecule has 0 bridgehead atoms. The molecular weight excluding hydrogens is 262 g/mol. The van der Waals surface area contributed by atoms with Crippen molar-refractivity contribution in [3.63, 3.8) is 0 Å². The van der Waals surface area contributed by atoms with E-state index in [2.05, 4.69) is 15.9 Å². The number of nitrogens with two attached hydrogens (primary N) is 1. The van der Waals surface area contributed by atoms with Crippen LogP contribution in [-0.4, -0.2) is 20.1 Å². The number of ether oxygens (including phenoxy) is 2. The van der Waals surface area contributed by atoms with Crippen LogP contribution in [0.1, 0.15) is 5.56 Å². The molecule has 1 amide bonds. The Morgan fingerprint density at radius 3 is 2.40 bits per heavy atom. The van der Waals surface area contributed by atoms with E-state index in [1.807, 2.05) is 0 Å². The molecule has 1 aromatic rings. The Kier molecular flexibility index (Phi) is 3.96. The van der Waals surface area contributed by atoms with Crippen LogP contribution in [0.25, 0.3) is 0 Å². The first-order valence-corrected chi connectivity index (χ1v) is 5.06. The zero-order valence-corrected chi connectivity index (χ0v) is 10.1. The second kappa shape index (κ2) is 5.02. The number of carbonyl (C=O) groups is 1. The maximum absolute atomic E-state index is 10.8. The highest BCUT2D eigenvalue weighted by Crippen LogP contribution is 2.32. The van der Waals surface area contributed by atoms with Gasteiger partial charge in [-0.05, 0) is 28.1 Å². The summed E-state index contributed by atoms with van der Waals surface area (Å²) in [6.07, 6.45) is 0.132. The first-order valence-electron chi connectivity index (χ1n) is 4.27. The highest BCUT2D eigenvalue weighted by molar-refractivity contribution is 9.10.